The summed E-state index contributed by atoms with van der Waals surface area (Å²) in [5.74, 6) is -2.99. The first-order valence-corrected chi connectivity index (χ1v) is 12.2. The number of imidazole rings is 2. The molecule has 6 rings (SSSR count). The van der Waals surface area contributed by atoms with Crippen LogP contribution in [0.1, 0.15) is 49.1 Å². The fourth-order valence-electron chi connectivity index (χ4n) is 5.15. The van der Waals surface area contributed by atoms with E-state index < -0.39 is 46.8 Å². The molecule has 0 saturated heterocycles. The third-order valence-electron chi connectivity index (χ3n) is 6.82. The zero-order valence-corrected chi connectivity index (χ0v) is 21.4. The Balaban J connectivity index is 1.59. The van der Waals surface area contributed by atoms with E-state index >= 15 is 0 Å². The minimum atomic E-state index is -4.89. The van der Waals surface area contributed by atoms with Crippen LogP contribution in [-0.4, -0.2) is 25.8 Å². The molecule has 2 amide bonds. The third kappa shape index (κ3) is 3.98. The Morgan fingerprint density at radius 2 is 1.85 bits per heavy atom. The van der Waals surface area contributed by atoms with Crippen LogP contribution in [0.15, 0.2) is 48.7 Å². The van der Waals surface area contributed by atoms with E-state index in [1.54, 1.807) is 29.1 Å². The van der Waals surface area contributed by atoms with Gasteiger partial charge in [-0.2, -0.15) is 13.2 Å². The summed E-state index contributed by atoms with van der Waals surface area (Å²) in [6.45, 7) is 1.77. The van der Waals surface area contributed by atoms with Gasteiger partial charge in [-0.1, -0.05) is 11.6 Å². The van der Waals surface area contributed by atoms with Gasteiger partial charge in [-0.15, -0.1) is 0 Å². The van der Waals surface area contributed by atoms with Crippen LogP contribution in [-0.2, 0) is 13.2 Å². The Morgan fingerprint density at radius 1 is 1.10 bits per heavy atom. The number of rotatable bonds is 3. The number of hydrogen-bond acceptors (Lipinski definition) is 3. The summed E-state index contributed by atoms with van der Waals surface area (Å²) >= 11 is 6.36. The van der Waals surface area contributed by atoms with E-state index in [0.29, 0.717) is 34.6 Å². The van der Waals surface area contributed by atoms with Crippen molar-refractivity contribution in [2.24, 2.45) is 7.05 Å². The summed E-state index contributed by atoms with van der Waals surface area (Å²) < 4.78 is 71.6. The Hall–Kier alpha value is -4.45. The van der Waals surface area contributed by atoms with Crippen molar-refractivity contribution in [3.8, 4) is 0 Å². The number of benzene rings is 3. The number of aryl methyl sites for hydroxylation is 2. The summed E-state index contributed by atoms with van der Waals surface area (Å²) in [5, 5.41) is 5.45. The normalized spacial score (nSPS) is 15.1. The van der Waals surface area contributed by atoms with Crippen LogP contribution in [0.3, 0.4) is 0 Å². The quantitative estimate of drug-likeness (QED) is 0.253. The molecule has 3 aromatic carbocycles. The fourth-order valence-corrected chi connectivity index (χ4v) is 5.38. The molecule has 0 radical (unpaired) electrons. The highest BCUT2D eigenvalue weighted by atomic mass is 35.5. The molecule has 1 aliphatic rings. The van der Waals surface area contributed by atoms with Crippen LogP contribution in [0.2, 0.25) is 5.02 Å². The molecule has 3 heterocycles. The largest absolute Gasteiger partial charge is 0.416 e. The first kappa shape index (κ1) is 25.8. The predicted molar refractivity (Wildman–Crippen MR) is 136 cm³/mol. The van der Waals surface area contributed by atoms with Crippen molar-refractivity contribution in [2.75, 3.05) is 5.32 Å². The van der Waals surface area contributed by atoms with E-state index in [1.807, 2.05) is 0 Å². The zero-order chi connectivity index (χ0) is 28.7. The van der Waals surface area contributed by atoms with E-state index in [2.05, 4.69) is 15.6 Å². The molecule has 204 valence electrons. The molecule has 1 atom stereocenters. The first-order valence-electron chi connectivity index (χ1n) is 11.8. The van der Waals surface area contributed by atoms with Crippen molar-refractivity contribution in [1.82, 2.24) is 19.3 Å². The Bertz CT molecular complexity index is 1910. The lowest BCUT2D eigenvalue weighted by Crippen LogP contribution is -2.21. The van der Waals surface area contributed by atoms with Crippen LogP contribution < -0.4 is 10.6 Å². The van der Waals surface area contributed by atoms with Crippen molar-refractivity contribution in [2.45, 2.75) is 19.1 Å². The molecule has 0 aliphatic carbocycles. The minimum Gasteiger partial charge on any atom is -0.341 e. The number of hydrogen-bond donors (Lipinski definition) is 2. The van der Waals surface area contributed by atoms with Crippen LogP contribution in [0.25, 0.3) is 16.8 Å². The molecule has 40 heavy (non-hydrogen) atoms. The maximum Gasteiger partial charge on any atom is 0.416 e. The van der Waals surface area contributed by atoms with E-state index in [9.17, 15) is 31.5 Å². The Morgan fingerprint density at radius 3 is 2.58 bits per heavy atom. The van der Waals surface area contributed by atoms with E-state index in [0.717, 1.165) is 12.1 Å². The Labute approximate surface area is 227 Å². The molecular formula is C27H17ClF5N5O2. The van der Waals surface area contributed by atoms with E-state index in [4.69, 9.17) is 11.6 Å². The lowest BCUT2D eigenvalue weighted by atomic mass is 9.95. The second kappa shape index (κ2) is 8.78. The van der Waals surface area contributed by atoms with Gasteiger partial charge in [0.25, 0.3) is 11.8 Å². The number of nitrogens with one attached hydrogen (secondary N) is 2. The highest BCUT2D eigenvalue weighted by molar-refractivity contribution is 6.31. The van der Waals surface area contributed by atoms with Gasteiger partial charge in [-0.25, -0.2) is 13.8 Å². The predicted octanol–water partition coefficient (Wildman–Crippen LogP) is 6.17. The number of carbonyl (C=O) groups excluding carboxylic acids is 2. The molecule has 0 fully saturated rings. The molecule has 0 saturated carbocycles. The lowest BCUT2D eigenvalue weighted by Gasteiger charge is -2.19. The van der Waals surface area contributed by atoms with Gasteiger partial charge in [-0.05, 0) is 49.4 Å². The van der Waals surface area contributed by atoms with Crippen molar-refractivity contribution in [1.29, 1.82) is 0 Å². The van der Waals surface area contributed by atoms with Gasteiger partial charge in [0.1, 0.15) is 11.6 Å². The van der Waals surface area contributed by atoms with Gasteiger partial charge in [0.2, 0.25) is 5.78 Å². The molecule has 2 N–H and O–H groups in total. The highest BCUT2D eigenvalue weighted by Crippen LogP contribution is 2.43. The summed E-state index contributed by atoms with van der Waals surface area (Å²) in [6, 6.07) is 5.60. The van der Waals surface area contributed by atoms with Gasteiger partial charge in [-0.3, -0.25) is 14.0 Å². The number of fused-ring (bicyclic) bond motifs is 5. The van der Waals surface area contributed by atoms with Crippen molar-refractivity contribution >= 4 is 45.9 Å². The van der Waals surface area contributed by atoms with Gasteiger partial charge < -0.3 is 15.2 Å². The average molecular weight is 574 g/mol. The summed E-state index contributed by atoms with van der Waals surface area (Å²) in [7, 11) is 1.70. The first-order chi connectivity index (χ1) is 18.8. The summed E-state index contributed by atoms with van der Waals surface area (Å²) in [6.07, 6.45) is -3.17. The van der Waals surface area contributed by atoms with Gasteiger partial charge >= 0.3 is 6.18 Å². The summed E-state index contributed by atoms with van der Waals surface area (Å²) in [5.41, 5.74) is 0.249. The SMILES string of the molecule is Cc1cn2c3cc(NC(=O)c4cc(F)cc(C(F)(F)F)c4)c4c(c3n(C)c2n1)C(=O)NC4c1cc(F)ccc1Cl. The second-order valence-electron chi connectivity index (χ2n) is 9.44. The number of nitrogens with zero attached hydrogens (tertiary/aromatic N) is 3. The zero-order valence-electron chi connectivity index (χ0n) is 20.6. The van der Waals surface area contributed by atoms with Gasteiger partial charge in [0, 0.05) is 40.6 Å². The number of alkyl halides is 3. The van der Waals surface area contributed by atoms with Crippen LogP contribution in [0, 0.1) is 18.6 Å². The monoisotopic (exact) mass is 573 g/mol. The van der Waals surface area contributed by atoms with Crippen molar-refractivity contribution in [3.05, 3.63) is 98.8 Å². The van der Waals surface area contributed by atoms with Crippen LogP contribution in [0.5, 0.6) is 0 Å². The fraction of sp³-hybridized carbons (Fsp3) is 0.148. The molecule has 7 nitrogen and oxygen atoms in total. The number of aromatic nitrogens is 3. The number of carbonyl (C=O) groups is 2. The average Bonchev–Trinajstić information content (AvgIpc) is 3.51. The summed E-state index contributed by atoms with van der Waals surface area (Å²) in [4.78, 5) is 31.1. The van der Waals surface area contributed by atoms with Crippen LogP contribution in [0.4, 0.5) is 27.6 Å². The van der Waals surface area contributed by atoms with E-state index in [-0.39, 0.29) is 33.5 Å². The molecule has 0 spiro atoms. The molecule has 2 aromatic heterocycles. The molecule has 0 bridgehead atoms. The van der Waals surface area contributed by atoms with Gasteiger partial charge in [0.05, 0.1) is 33.9 Å². The minimum absolute atomic E-state index is 0.0350. The number of halogens is 6. The number of anilines is 1. The van der Waals surface area contributed by atoms with Crippen LogP contribution >= 0.6 is 11.6 Å². The molecule has 13 heteroatoms. The van der Waals surface area contributed by atoms with Crippen molar-refractivity contribution < 1.29 is 31.5 Å². The smallest absolute Gasteiger partial charge is 0.341 e. The third-order valence-corrected chi connectivity index (χ3v) is 7.16. The lowest BCUT2D eigenvalue weighted by molar-refractivity contribution is -0.137. The molecule has 1 aliphatic heterocycles. The maximum absolute atomic E-state index is 14.2. The van der Waals surface area contributed by atoms with Crippen molar-refractivity contribution in [3.63, 3.8) is 0 Å². The second-order valence-corrected chi connectivity index (χ2v) is 9.85. The molecule has 1 unspecified atom stereocenters. The van der Waals surface area contributed by atoms with Gasteiger partial charge in [0.15, 0.2) is 0 Å². The molecular weight excluding hydrogens is 557 g/mol. The maximum atomic E-state index is 14.2. The number of amides is 2. The highest BCUT2D eigenvalue weighted by Gasteiger charge is 2.38. The molecule has 5 aromatic rings. The Kier molecular flexibility index (Phi) is 5.67. The topological polar surface area (TPSA) is 80.4 Å². The van der Waals surface area contributed by atoms with E-state index in [1.165, 1.54) is 12.1 Å². The standard InChI is InChI=1S/C27H17ClF5N5O2/c1-11-10-38-19-9-18(35-24(39)12-5-13(27(31,32)33)7-15(30)6-12)20-21(23(19)37(2)26(38)34-11)25(40)36-22(20)16-8-14(29)3-4-17(16)28/h3-10,22H,1-2H3,(H,35,39)(H,36,40).